The van der Waals surface area contributed by atoms with Crippen LogP contribution in [0.2, 0.25) is 0 Å². The van der Waals surface area contributed by atoms with Gasteiger partial charge in [-0.15, -0.1) is 5.10 Å². The highest BCUT2D eigenvalue weighted by Gasteiger charge is 2.45. The van der Waals surface area contributed by atoms with E-state index in [0.717, 1.165) is 31.4 Å². The van der Waals surface area contributed by atoms with Crippen molar-refractivity contribution < 1.29 is 5.11 Å². The molecule has 1 aliphatic carbocycles. The Morgan fingerprint density at radius 2 is 2.05 bits per heavy atom. The van der Waals surface area contributed by atoms with Gasteiger partial charge in [-0.25, -0.2) is 4.68 Å². The van der Waals surface area contributed by atoms with Gasteiger partial charge in [0.1, 0.15) is 11.3 Å². The van der Waals surface area contributed by atoms with Gasteiger partial charge >= 0.3 is 0 Å². The third-order valence-corrected chi connectivity index (χ3v) is 4.81. The average Bonchev–Trinajstić information content (AvgIpc) is 2.80. The van der Waals surface area contributed by atoms with Gasteiger partial charge in [-0.05, 0) is 34.3 Å². The van der Waals surface area contributed by atoms with E-state index in [1.165, 1.54) is 5.56 Å². The topological polar surface area (TPSA) is 50.9 Å². The van der Waals surface area contributed by atoms with Crippen molar-refractivity contribution in [2.45, 2.75) is 37.2 Å². The van der Waals surface area contributed by atoms with E-state index in [1.807, 2.05) is 25.2 Å². The molecule has 1 heterocycles. The number of benzene rings is 1. The largest absolute Gasteiger partial charge is 0.383 e. The SMILES string of the molecule is Cn1nnc(Br)c1C1(O)CCCCC1c1ccccc1. The minimum Gasteiger partial charge on any atom is -0.383 e. The molecule has 0 bridgehead atoms. The Morgan fingerprint density at radius 1 is 1.30 bits per heavy atom. The van der Waals surface area contributed by atoms with Gasteiger partial charge in [0.05, 0.1) is 0 Å². The fourth-order valence-electron chi connectivity index (χ4n) is 3.36. The Hall–Kier alpha value is -1.20. The van der Waals surface area contributed by atoms with Crippen LogP contribution in [0, 0.1) is 0 Å². The van der Waals surface area contributed by atoms with Crippen molar-refractivity contribution in [3.8, 4) is 0 Å². The molecule has 2 atom stereocenters. The van der Waals surface area contributed by atoms with Gasteiger partial charge in [-0.1, -0.05) is 48.4 Å². The number of hydrogen-bond donors (Lipinski definition) is 1. The minimum atomic E-state index is -0.906. The maximum atomic E-state index is 11.4. The number of aryl methyl sites for hydroxylation is 1. The van der Waals surface area contributed by atoms with E-state index in [1.54, 1.807) is 4.68 Å². The Bertz CT molecular complexity index is 579. The molecule has 1 N–H and O–H groups in total. The molecule has 20 heavy (non-hydrogen) atoms. The van der Waals surface area contributed by atoms with E-state index in [2.05, 4.69) is 38.4 Å². The summed E-state index contributed by atoms with van der Waals surface area (Å²) in [6.07, 6.45) is 3.90. The first kappa shape index (κ1) is 13.8. The van der Waals surface area contributed by atoms with Crippen molar-refractivity contribution in [1.29, 1.82) is 0 Å². The quantitative estimate of drug-likeness (QED) is 0.917. The van der Waals surface area contributed by atoms with Crippen molar-refractivity contribution in [2.75, 3.05) is 0 Å². The molecule has 2 unspecified atom stereocenters. The molecule has 1 saturated carbocycles. The Balaban J connectivity index is 2.09. The molecule has 5 heteroatoms. The van der Waals surface area contributed by atoms with E-state index in [0.29, 0.717) is 4.60 Å². The molecule has 1 aromatic carbocycles. The minimum absolute atomic E-state index is 0.0888. The van der Waals surface area contributed by atoms with Crippen LogP contribution in [0.15, 0.2) is 34.9 Å². The lowest BCUT2D eigenvalue weighted by molar-refractivity contribution is -0.0299. The first-order valence-electron chi connectivity index (χ1n) is 6.96. The maximum absolute atomic E-state index is 11.4. The molecule has 1 aliphatic rings. The zero-order chi connectivity index (χ0) is 14.2. The van der Waals surface area contributed by atoms with E-state index < -0.39 is 5.60 Å². The molecule has 1 aromatic heterocycles. The summed E-state index contributed by atoms with van der Waals surface area (Å²) in [5.74, 6) is 0.0888. The van der Waals surface area contributed by atoms with Crippen molar-refractivity contribution in [3.63, 3.8) is 0 Å². The van der Waals surface area contributed by atoms with Gasteiger partial charge in [0.2, 0.25) is 0 Å². The maximum Gasteiger partial charge on any atom is 0.154 e. The highest BCUT2D eigenvalue weighted by molar-refractivity contribution is 9.10. The average molecular weight is 336 g/mol. The Morgan fingerprint density at radius 3 is 2.70 bits per heavy atom. The van der Waals surface area contributed by atoms with E-state index in [4.69, 9.17) is 0 Å². The molecule has 1 fully saturated rings. The monoisotopic (exact) mass is 335 g/mol. The summed E-state index contributed by atoms with van der Waals surface area (Å²) in [4.78, 5) is 0. The summed E-state index contributed by atoms with van der Waals surface area (Å²) in [5, 5.41) is 19.4. The second-order valence-electron chi connectivity index (χ2n) is 5.49. The van der Waals surface area contributed by atoms with Gasteiger partial charge in [0, 0.05) is 13.0 Å². The van der Waals surface area contributed by atoms with Crippen molar-refractivity contribution in [2.24, 2.45) is 7.05 Å². The van der Waals surface area contributed by atoms with E-state index in [9.17, 15) is 5.11 Å². The summed E-state index contributed by atoms with van der Waals surface area (Å²) in [6.45, 7) is 0. The third kappa shape index (κ3) is 2.19. The fraction of sp³-hybridized carbons (Fsp3) is 0.467. The van der Waals surface area contributed by atoms with Crippen molar-refractivity contribution in [3.05, 3.63) is 46.2 Å². The number of aliphatic hydroxyl groups is 1. The van der Waals surface area contributed by atoms with Gasteiger partial charge in [-0.2, -0.15) is 0 Å². The molecular weight excluding hydrogens is 318 g/mol. The van der Waals surface area contributed by atoms with Crippen LogP contribution in [0.1, 0.15) is 42.9 Å². The van der Waals surface area contributed by atoms with E-state index in [-0.39, 0.29) is 5.92 Å². The second-order valence-corrected chi connectivity index (χ2v) is 6.24. The van der Waals surface area contributed by atoms with Crippen molar-refractivity contribution in [1.82, 2.24) is 15.0 Å². The molecule has 0 amide bonds. The number of nitrogens with zero attached hydrogens (tertiary/aromatic N) is 3. The van der Waals surface area contributed by atoms with Crippen LogP contribution >= 0.6 is 15.9 Å². The van der Waals surface area contributed by atoms with Gasteiger partial charge < -0.3 is 5.11 Å². The molecule has 2 aromatic rings. The summed E-state index contributed by atoms with van der Waals surface area (Å²) in [7, 11) is 1.84. The number of aromatic nitrogens is 3. The molecule has 3 rings (SSSR count). The summed E-state index contributed by atoms with van der Waals surface area (Å²) < 4.78 is 2.33. The van der Waals surface area contributed by atoms with Crippen LogP contribution < -0.4 is 0 Å². The highest BCUT2D eigenvalue weighted by atomic mass is 79.9. The van der Waals surface area contributed by atoms with E-state index >= 15 is 0 Å². The van der Waals surface area contributed by atoms with Gasteiger partial charge in [0.15, 0.2) is 4.60 Å². The normalized spacial score (nSPS) is 26.6. The molecule has 0 radical (unpaired) electrons. The van der Waals surface area contributed by atoms with Crippen LogP contribution in [-0.4, -0.2) is 20.1 Å². The molecule has 106 valence electrons. The lowest BCUT2D eigenvalue weighted by Crippen LogP contribution is -2.38. The lowest BCUT2D eigenvalue weighted by Gasteiger charge is -2.40. The van der Waals surface area contributed by atoms with Gasteiger partial charge in [0.25, 0.3) is 0 Å². The number of hydrogen-bond acceptors (Lipinski definition) is 3. The van der Waals surface area contributed by atoms with Crippen LogP contribution in [-0.2, 0) is 12.6 Å². The first-order valence-corrected chi connectivity index (χ1v) is 7.75. The Kier molecular flexibility index (Phi) is 3.65. The third-order valence-electron chi connectivity index (χ3n) is 4.27. The molecule has 4 nitrogen and oxygen atoms in total. The lowest BCUT2D eigenvalue weighted by atomic mass is 9.70. The highest BCUT2D eigenvalue weighted by Crippen LogP contribution is 2.48. The number of rotatable bonds is 2. The van der Waals surface area contributed by atoms with Crippen LogP contribution in [0.4, 0.5) is 0 Å². The van der Waals surface area contributed by atoms with Crippen LogP contribution in [0.5, 0.6) is 0 Å². The molecule has 0 saturated heterocycles. The predicted octanol–water partition coefficient (Wildman–Crippen LogP) is 3.12. The second kappa shape index (κ2) is 5.30. The standard InChI is InChI=1S/C15H18BrN3O/c1-19-13(14(16)17-18-19)15(20)10-6-5-9-12(15)11-7-3-2-4-8-11/h2-4,7-8,12,20H,5-6,9-10H2,1H3. The predicted molar refractivity (Wildman–Crippen MR) is 80.3 cm³/mol. The zero-order valence-corrected chi connectivity index (χ0v) is 13.0. The van der Waals surface area contributed by atoms with Crippen LogP contribution in [0.3, 0.4) is 0 Å². The zero-order valence-electron chi connectivity index (χ0n) is 11.5. The molecule has 0 spiro atoms. The fourth-order valence-corrected chi connectivity index (χ4v) is 4.03. The summed E-state index contributed by atoms with van der Waals surface area (Å²) >= 11 is 3.43. The Labute approximate surface area is 126 Å². The summed E-state index contributed by atoms with van der Waals surface area (Å²) in [6, 6.07) is 10.3. The smallest absolute Gasteiger partial charge is 0.154 e. The molecular formula is C15H18BrN3O. The van der Waals surface area contributed by atoms with Gasteiger partial charge in [-0.3, -0.25) is 0 Å². The number of halogens is 1. The van der Waals surface area contributed by atoms with Crippen LogP contribution in [0.25, 0.3) is 0 Å². The van der Waals surface area contributed by atoms with Crippen molar-refractivity contribution >= 4 is 15.9 Å². The first-order chi connectivity index (χ1) is 9.63. The summed E-state index contributed by atoms with van der Waals surface area (Å²) in [5.41, 5.74) is 1.06. The molecule has 0 aliphatic heterocycles.